The molecular weight excluding hydrogens is 478 g/mol. The first kappa shape index (κ1) is 24.4. The van der Waals surface area contributed by atoms with Crippen molar-refractivity contribution in [2.75, 3.05) is 30.6 Å². The number of hydrogen-bond acceptors (Lipinski definition) is 7. The maximum atomic E-state index is 13.6. The van der Waals surface area contributed by atoms with Crippen LogP contribution >= 0.6 is 12.2 Å². The van der Waals surface area contributed by atoms with Gasteiger partial charge in [0.15, 0.2) is 11.7 Å². The summed E-state index contributed by atoms with van der Waals surface area (Å²) in [6.07, 6.45) is 1.51. The molecule has 0 N–H and O–H groups in total. The Morgan fingerprint density at radius 1 is 0.778 bits per heavy atom. The highest BCUT2D eigenvalue weighted by Gasteiger charge is 2.41. The fourth-order valence-corrected chi connectivity index (χ4v) is 3.97. The van der Waals surface area contributed by atoms with E-state index in [4.69, 9.17) is 31.7 Å². The van der Waals surface area contributed by atoms with E-state index in [1.165, 1.54) is 15.9 Å². The van der Waals surface area contributed by atoms with Crippen LogP contribution in [0.4, 0.5) is 11.4 Å². The molecule has 3 aromatic rings. The number of nitrogens with zero attached hydrogens (tertiary/aromatic N) is 3. The number of thiocarbonyl (C=S) groups is 1. The second-order valence-electron chi connectivity index (χ2n) is 7.53. The smallest absolute Gasteiger partial charge is 0.270 e. The highest BCUT2D eigenvalue weighted by molar-refractivity contribution is 7.81. The summed E-state index contributed by atoms with van der Waals surface area (Å²) in [4.78, 5) is 29.8. The average molecular weight is 500 g/mol. The molecule has 0 atom stereocenters. The van der Waals surface area contributed by atoms with Crippen LogP contribution in [-0.4, -0.2) is 37.8 Å². The van der Waals surface area contributed by atoms with Crippen molar-refractivity contribution < 1.29 is 23.8 Å². The predicted octanol–water partition coefficient (Wildman–Crippen LogP) is 4.35. The summed E-state index contributed by atoms with van der Waals surface area (Å²) in [6, 6.07) is 22.3. The molecule has 36 heavy (non-hydrogen) atoms. The van der Waals surface area contributed by atoms with Crippen LogP contribution < -0.4 is 24.0 Å². The zero-order valence-corrected chi connectivity index (χ0v) is 20.3. The van der Waals surface area contributed by atoms with Gasteiger partial charge in [0, 0.05) is 0 Å². The maximum absolute atomic E-state index is 13.6. The topological polar surface area (TPSA) is 92.1 Å². The van der Waals surface area contributed by atoms with Gasteiger partial charge in [-0.25, -0.2) is 0 Å². The van der Waals surface area contributed by atoms with Gasteiger partial charge in [-0.05, 0) is 84.5 Å². The molecule has 4 rings (SSSR count). The van der Waals surface area contributed by atoms with Crippen molar-refractivity contribution >= 4 is 46.6 Å². The van der Waals surface area contributed by atoms with Crippen LogP contribution in [0.25, 0.3) is 6.08 Å². The number of ether oxygens (including phenoxy) is 3. The molecule has 0 aromatic heterocycles. The molecule has 0 spiro atoms. The number of carbonyl (C=O) groups is 2. The van der Waals surface area contributed by atoms with E-state index in [1.54, 1.807) is 87.0 Å². The van der Waals surface area contributed by atoms with Gasteiger partial charge in [-0.3, -0.25) is 19.4 Å². The number of carbonyl (C=O) groups excluding carboxylic acids is 2. The van der Waals surface area contributed by atoms with Crippen molar-refractivity contribution in [1.29, 1.82) is 5.26 Å². The molecule has 2 amide bonds. The van der Waals surface area contributed by atoms with E-state index in [-0.39, 0.29) is 17.3 Å². The molecule has 1 aliphatic heterocycles. The second kappa shape index (κ2) is 10.7. The minimum absolute atomic E-state index is 0.0257. The van der Waals surface area contributed by atoms with Crippen molar-refractivity contribution in [3.63, 3.8) is 0 Å². The highest BCUT2D eigenvalue weighted by atomic mass is 32.1. The van der Waals surface area contributed by atoms with Gasteiger partial charge < -0.3 is 14.2 Å². The summed E-state index contributed by atoms with van der Waals surface area (Å²) in [7, 11) is 3.10. The fourth-order valence-electron chi connectivity index (χ4n) is 3.59. The molecule has 0 aliphatic carbocycles. The first-order valence-electron chi connectivity index (χ1n) is 10.8. The molecular formula is C27H21N3O5S. The number of hydrogen-bond donors (Lipinski definition) is 0. The number of amides is 2. The summed E-state index contributed by atoms with van der Waals surface area (Å²) >= 11 is 5.64. The summed E-state index contributed by atoms with van der Waals surface area (Å²) in [6.45, 7) is -0.0809. The molecule has 0 bridgehead atoms. The number of rotatable bonds is 7. The lowest BCUT2D eigenvalue weighted by Crippen LogP contribution is -2.56. The fraction of sp³-hybridized carbons (Fsp3) is 0.111. The SMILES string of the molecule is COc1ccc(N2C(=O)C(=Cc3ccc(OCC#N)cc3)C(=O)N(c3ccc(OC)cc3)C2=S)cc1. The zero-order chi connectivity index (χ0) is 25.7. The van der Waals surface area contributed by atoms with Gasteiger partial charge >= 0.3 is 0 Å². The monoisotopic (exact) mass is 499 g/mol. The average Bonchev–Trinajstić information content (AvgIpc) is 2.91. The Hall–Kier alpha value is -4.68. The molecule has 3 aromatic carbocycles. The lowest BCUT2D eigenvalue weighted by Gasteiger charge is -2.36. The molecule has 8 nitrogen and oxygen atoms in total. The van der Waals surface area contributed by atoms with Gasteiger partial charge in [0.1, 0.15) is 28.9 Å². The third-order valence-corrected chi connectivity index (χ3v) is 5.77. The minimum Gasteiger partial charge on any atom is -0.497 e. The van der Waals surface area contributed by atoms with Gasteiger partial charge in [-0.1, -0.05) is 12.1 Å². The van der Waals surface area contributed by atoms with E-state index in [0.717, 1.165) is 0 Å². The summed E-state index contributed by atoms with van der Waals surface area (Å²) in [5.41, 5.74) is 1.51. The highest BCUT2D eigenvalue weighted by Crippen LogP contribution is 2.31. The second-order valence-corrected chi connectivity index (χ2v) is 7.90. The molecule has 1 saturated heterocycles. The van der Waals surface area contributed by atoms with Crippen LogP contribution in [0.3, 0.4) is 0 Å². The minimum atomic E-state index is -0.551. The third kappa shape index (κ3) is 4.89. The van der Waals surface area contributed by atoms with Crippen molar-refractivity contribution in [2.45, 2.75) is 0 Å². The number of anilines is 2. The molecule has 0 unspecified atom stereocenters. The molecule has 1 fully saturated rings. The number of nitriles is 1. The summed E-state index contributed by atoms with van der Waals surface area (Å²) in [5.74, 6) is 0.633. The lowest BCUT2D eigenvalue weighted by molar-refractivity contribution is -0.120. The molecule has 9 heteroatoms. The van der Waals surface area contributed by atoms with Crippen LogP contribution in [0.5, 0.6) is 17.2 Å². The molecule has 1 aliphatic rings. The van der Waals surface area contributed by atoms with E-state index in [1.807, 2.05) is 6.07 Å². The van der Waals surface area contributed by atoms with Gasteiger partial charge in [0.25, 0.3) is 11.8 Å². The van der Waals surface area contributed by atoms with E-state index in [2.05, 4.69) is 0 Å². The van der Waals surface area contributed by atoms with Gasteiger partial charge in [0.2, 0.25) is 0 Å². The summed E-state index contributed by atoms with van der Waals surface area (Å²) < 4.78 is 15.7. The van der Waals surface area contributed by atoms with Gasteiger partial charge in [-0.2, -0.15) is 5.26 Å². The Morgan fingerprint density at radius 3 is 1.64 bits per heavy atom. The van der Waals surface area contributed by atoms with Crippen LogP contribution in [0.15, 0.2) is 78.4 Å². The van der Waals surface area contributed by atoms with E-state index in [0.29, 0.717) is 34.2 Å². The van der Waals surface area contributed by atoms with Crippen molar-refractivity contribution in [3.05, 3.63) is 83.9 Å². The maximum Gasteiger partial charge on any atom is 0.270 e. The first-order valence-corrected chi connectivity index (χ1v) is 11.2. The van der Waals surface area contributed by atoms with Crippen LogP contribution in [0.1, 0.15) is 5.56 Å². The Bertz CT molecular complexity index is 1290. The van der Waals surface area contributed by atoms with Gasteiger partial charge in [-0.15, -0.1) is 0 Å². The van der Waals surface area contributed by atoms with Crippen LogP contribution in [-0.2, 0) is 9.59 Å². The Labute approximate surface area is 213 Å². The molecule has 1 heterocycles. The van der Waals surface area contributed by atoms with E-state index >= 15 is 0 Å². The Kier molecular flexibility index (Phi) is 7.28. The van der Waals surface area contributed by atoms with Crippen LogP contribution in [0.2, 0.25) is 0 Å². The Morgan fingerprint density at radius 2 is 1.22 bits per heavy atom. The van der Waals surface area contributed by atoms with Gasteiger partial charge in [0.05, 0.1) is 25.6 Å². The third-order valence-electron chi connectivity index (χ3n) is 5.41. The predicted molar refractivity (Wildman–Crippen MR) is 139 cm³/mol. The lowest BCUT2D eigenvalue weighted by atomic mass is 10.0. The molecule has 180 valence electrons. The van der Waals surface area contributed by atoms with Crippen molar-refractivity contribution in [1.82, 2.24) is 0 Å². The van der Waals surface area contributed by atoms with Crippen molar-refractivity contribution in [3.8, 4) is 23.3 Å². The van der Waals surface area contributed by atoms with Crippen LogP contribution in [0, 0.1) is 11.3 Å². The zero-order valence-electron chi connectivity index (χ0n) is 19.5. The van der Waals surface area contributed by atoms with Crippen molar-refractivity contribution in [2.24, 2.45) is 0 Å². The normalized spacial score (nSPS) is 13.4. The van der Waals surface area contributed by atoms with E-state index in [9.17, 15) is 9.59 Å². The largest absolute Gasteiger partial charge is 0.497 e. The number of methoxy groups -OCH3 is 2. The number of benzene rings is 3. The van der Waals surface area contributed by atoms with E-state index < -0.39 is 11.8 Å². The first-order chi connectivity index (χ1) is 17.5. The Balaban J connectivity index is 1.78. The molecule has 0 radical (unpaired) electrons. The quantitative estimate of drug-likeness (QED) is 0.271. The summed E-state index contributed by atoms with van der Waals surface area (Å²) in [5, 5.41) is 8.71. The standard InChI is InChI=1S/C27H21N3O5S/c1-33-21-11-5-19(6-12-21)29-25(31)24(17-18-3-9-23(10-4-18)35-16-15-28)26(32)30(27(29)36)20-7-13-22(34-2)14-8-20/h3-14,17H,16H2,1-2H3. The molecule has 0 saturated carbocycles.